The second-order valence-electron chi connectivity index (χ2n) is 8.77. The van der Waals surface area contributed by atoms with Crippen molar-refractivity contribution in [2.75, 3.05) is 32.7 Å². The molecule has 2 heterocycles. The number of carbonyl (C=O) groups is 3. The van der Waals surface area contributed by atoms with Gasteiger partial charge in [0.25, 0.3) is 5.91 Å². The Morgan fingerprint density at radius 1 is 0.933 bits per heavy atom. The van der Waals surface area contributed by atoms with Gasteiger partial charge >= 0.3 is 6.18 Å². The Morgan fingerprint density at radius 2 is 1.47 bits per heavy atom. The van der Waals surface area contributed by atoms with Gasteiger partial charge in [0.1, 0.15) is 0 Å². The van der Waals surface area contributed by atoms with Gasteiger partial charge < -0.3 is 14.7 Å². The first-order chi connectivity index (χ1) is 13.9. The van der Waals surface area contributed by atoms with E-state index >= 15 is 0 Å². The molecule has 2 fully saturated rings. The number of carbonyl (C=O) groups excluding carboxylic acids is 3. The van der Waals surface area contributed by atoms with E-state index in [0.29, 0.717) is 32.7 Å². The molecule has 1 unspecified atom stereocenters. The standard InChI is InChI=1S/C21H26F3N3O3/c1-20(2,3)27-13-15(12-17(27)28)19(30)26-10-8-25(9-11-26)18(29)14-4-6-16(7-5-14)21(22,23)24/h4-7,15H,8-13H2,1-3H3. The van der Waals surface area contributed by atoms with E-state index in [1.807, 2.05) is 20.8 Å². The lowest BCUT2D eigenvalue weighted by atomic mass is 10.1. The SMILES string of the molecule is CC(C)(C)N1CC(C(=O)N2CCN(C(=O)c3ccc(C(F)(F)F)cc3)CC2)CC1=O. The molecule has 9 heteroatoms. The van der Waals surface area contributed by atoms with Gasteiger partial charge in [-0.1, -0.05) is 0 Å². The van der Waals surface area contributed by atoms with Crippen LogP contribution in [0.5, 0.6) is 0 Å². The lowest BCUT2D eigenvalue weighted by molar-refractivity contribution is -0.138. The van der Waals surface area contributed by atoms with Crippen molar-refractivity contribution in [2.45, 2.75) is 38.9 Å². The Balaban J connectivity index is 1.56. The van der Waals surface area contributed by atoms with Crippen molar-refractivity contribution in [3.8, 4) is 0 Å². The normalized spacial score (nSPS) is 20.7. The van der Waals surface area contributed by atoms with E-state index in [0.717, 1.165) is 12.1 Å². The van der Waals surface area contributed by atoms with Crippen molar-refractivity contribution >= 4 is 17.7 Å². The highest BCUT2D eigenvalue weighted by Crippen LogP contribution is 2.30. The third-order valence-electron chi connectivity index (χ3n) is 5.62. The minimum absolute atomic E-state index is 0.0306. The Bertz CT molecular complexity index is 823. The van der Waals surface area contributed by atoms with Gasteiger partial charge in [-0.15, -0.1) is 0 Å². The molecular formula is C21H26F3N3O3. The maximum atomic E-state index is 12.8. The van der Waals surface area contributed by atoms with Crippen LogP contribution in [-0.2, 0) is 15.8 Å². The molecule has 2 aliphatic heterocycles. The fraction of sp³-hybridized carbons (Fsp3) is 0.571. The summed E-state index contributed by atoms with van der Waals surface area (Å²) in [4.78, 5) is 42.6. The van der Waals surface area contributed by atoms with Crippen LogP contribution >= 0.6 is 0 Å². The number of rotatable bonds is 2. The van der Waals surface area contributed by atoms with Gasteiger partial charge in [0.2, 0.25) is 11.8 Å². The molecule has 1 aromatic carbocycles. The first kappa shape index (κ1) is 22.1. The van der Waals surface area contributed by atoms with Gasteiger partial charge in [-0.05, 0) is 45.0 Å². The van der Waals surface area contributed by atoms with E-state index < -0.39 is 11.7 Å². The van der Waals surface area contributed by atoms with Crippen molar-refractivity contribution in [3.05, 3.63) is 35.4 Å². The number of alkyl halides is 3. The maximum absolute atomic E-state index is 12.8. The predicted octanol–water partition coefficient (Wildman–Crippen LogP) is 2.64. The summed E-state index contributed by atoms with van der Waals surface area (Å²) in [6.07, 6.45) is -4.25. The summed E-state index contributed by atoms with van der Waals surface area (Å²) in [5.41, 5.74) is -0.950. The summed E-state index contributed by atoms with van der Waals surface area (Å²) in [7, 11) is 0. The van der Waals surface area contributed by atoms with Gasteiger partial charge in [0.05, 0.1) is 11.5 Å². The Kier molecular flexibility index (Phi) is 5.84. The molecule has 1 atom stereocenters. The molecule has 0 bridgehead atoms. The van der Waals surface area contributed by atoms with Crippen LogP contribution in [0.3, 0.4) is 0 Å². The molecule has 0 aliphatic carbocycles. The van der Waals surface area contributed by atoms with E-state index in [9.17, 15) is 27.6 Å². The van der Waals surface area contributed by atoms with E-state index in [1.165, 1.54) is 17.0 Å². The van der Waals surface area contributed by atoms with Gasteiger partial charge in [-0.2, -0.15) is 13.2 Å². The lowest BCUT2D eigenvalue weighted by Gasteiger charge is -2.36. The molecule has 0 radical (unpaired) electrons. The monoisotopic (exact) mass is 425 g/mol. The zero-order valence-electron chi connectivity index (χ0n) is 17.3. The molecule has 2 aliphatic rings. The highest BCUT2D eigenvalue weighted by Gasteiger charge is 2.41. The molecule has 0 aromatic heterocycles. The average Bonchev–Trinajstić information content (AvgIpc) is 3.08. The predicted molar refractivity (Wildman–Crippen MR) is 104 cm³/mol. The summed E-state index contributed by atoms with van der Waals surface area (Å²) in [6.45, 7) is 7.48. The number of piperazine rings is 1. The van der Waals surface area contributed by atoms with Crippen LogP contribution in [0.15, 0.2) is 24.3 Å². The lowest BCUT2D eigenvalue weighted by Crippen LogP contribution is -2.52. The van der Waals surface area contributed by atoms with Crippen molar-refractivity contribution in [2.24, 2.45) is 5.92 Å². The summed E-state index contributed by atoms with van der Waals surface area (Å²) < 4.78 is 38.0. The second kappa shape index (κ2) is 7.92. The van der Waals surface area contributed by atoms with E-state index in [2.05, 4.69) is 0 Å². The van der Waals surface area contributed by atoms with E-state index in [4.69, 9.17) is 0 Å². The number of nitrogens with zero attached hydrogens (tertiary/aromatic N) is 3. The number of amides is 3. The van der Waals surface area contributed by atoms with Crippen molar-refractivity contribution in [1.29, 1.82) is 0 Å². The molecule has 164 valence electrons. The minimum atomic E-state index is -4.45. The Labute approximate surface area is 173 Å². The fourth-order valence-electron chi connectivity index (χ4n) is 3.89. The van der Waals surface area contributed by atoms with Crippen LogP contribution in [0.1, 0.15) is 43.1 Å². The molecule has 0 N–H and O–H groups in total. The number of hydrogen-bond acceptors (Lipinski definition) is 3. The number of halogens is 3. The van der Waals surface area contributed by atoms with Crippen LogP contribution in [0.25, 0.3) is 0 Å². The Morgan fingerprint density at radius 3 is 1.93 bits per heavy atom. The van der Waals surface area contributed by atoms with Gasteiger partial charge in [0.15, 0.2) is 0 Å². The molecule has 0 saturated carbocycles. The number of benzene rings is 1. The number of hydrogen-bond donors (Lipinski definition) is 0. The molecular weight excluding hydrogens is 399 g/mol. The first-order valence-electron chi connectivity index (χ1n) is 9.93. The van der Waals surface area contributed by atoms with Crippen molar-refractivity contribution in [3.63, 3.8) is 0 Å². The smallest absolute Gasteiger partial charge is 0.339 e. The van der Waals surface area contributed by atoms with E-state index in [-0.39, 0.29) is 41.2 Å². The van der Waals surface area contributed by atoms with Crippen LogP contribution < -0.4 is 0 Å². The molecule has 3 amide bonds. The van der Waals surface area contributed by atoms with Crippen LogP contribution in [0.4, 0.5) is 13.2 Å². The zero-order valence-corrected chi connectivity index (χ0v) is 17.3. The average molecular weight is 425 g/mol. The molecule has 0 spiro atoms. The summed E-state index contributed by atoms with van der Waals surface area (Å²) in [5.74, 6) is -0.853. The zero-order chi connectivity index (χ0) is 22.3. The van der Waals surface area contributed by atoms with Crippen molar-refractivity contribution in [1.82, 2.24) is 14.7 Å². The van der Waals surface area contributed by atoms with Crippen LogP contribution in [-0.4, -0.2) is 70.7 Å². The molecule has 2 saturated heterocycles. The molecule has 6 nitrogen and oxygen atoms in total. The van der Waals surface area contributed by atoms with Gasteiger partial charge in [-0.25, -0.2) is 0 Å². The van der Waals surface area contributed by atoms with E-state index in [1.54, 1.807) is 9.80 Å². The molecule has 30 heavy (non-hydrogen) atoms. The number of likely N-dealkylation sites (tertiary alicyclic amines) is 1. The highest BCUT2D eigenvalue weighted by molar-refractivity contribution is 5.94. The first-order valence-corrected chi connectivity index (χ1v) is 9.93. The molecule has 3 rings (SSSR count). The third kappa shape index (κ3) is 4.60. The van der Waals surface area contributed by atoms with Crippen LogP contribution in [0.2, 0.25) is 0 Å². The topological polar surface area (TPSA) is 60.9 Å². The van der Waals surface area contributed by atoms with Crippen LogP contribution in [0, 0.1) is 5.92 Å². The quantitative estimate of drug-likeness (QED) is 0.732. The third-order valence-corrected chi connectivity index (χ3v) is 5.62. The largest absolute Gasteiger partial charge is 0.416 e. The summed E-state index contributed by atoms with van der Waals surface area (Å²) in [6, 6.07) is 4.14. The summed E-state index contributed by atoms with van der Waals surface area (Å²) >= 11 is 0. The highest BCUT2D eigenvalue weighted by atomic mass is 19.4. The summed E-state index contributed by atoms with van der Waals surface area (Å²) in [5, 5.41) is 0. The fourth-order valence-corrected chi connectivity index (χ4v) is 3.89. The molecule has 1 aromatic rings. The minimum Gasteiger partial charge on any atom is -0.339 e. The Hall–Kier alpha value is -2.58. The van der Waals surface area contributed by atoms with Crippen molar-refractivity contribution < 1.29 is 27.6 Å². The van der Waals surface area contributed by atoms with Gasteiger partial charge in [-0.3, -0.25) is 14.4 Å². The second-order valence-corrected chi connectivity index (χ2v) is 8.77. The van der Waals surface area contributed by atoms with Gasteiger partial charge in [0, 0.05) is 50.2 Å². The maximum Gasteiger partial charge on any atom is 0.416 e.